The van der Waals surface area contributed by atoms with Crippen molar-refractivity contribution < 1.29 is 19.3 Å². The molecule has 9 heteroatoms. The van der Waals surface area contributed by atoms with Crippen molar-refractivity contribution in [1.82, 2.24) is 19.5 Å². The van der Waals surface area contributed by atoms with Crippen LogP contribution in [-0.2, 0) is 4.74 Å². The van der Waals surface area contributed by atoms with Crippen LogP contribution >= 0.6 is 0 Å². The molecule has 2 fully saturated rings. The Kier molecular flexibility index (Phi) is 2.14. The monoisotopic (exact) mass is 295 g/mol. The van der Waals surface area contributed by atoms with E-state index in [4.69, 9.17) is 10.5 Å². The maximum absolute atomic E-state index is 15.1. The Bertz CT molecular complexity index is 750. The van der Waals surface area contributed by atoms with Crippen LogP contribution in [0.1, 0.15) is 19.6 Å². The van der Waals surface area contributed by atoms with Gasteiger partial charge in [-0.15, -0.1) is 0 Å². The fraction of sp³-hybridized carbons (Fsp3) is 0.583. The summed E-state index contributed by atoms with van der Waals surface area (Å²) in [5.41, 5.74) is 1.27. The van der Waals surface area contributed by atoms with E-state index in [0.717, 1.165) is 0 Å². The first-order valence-corrected chi connectivity index (χ1v) is 6.49. The molecule has 1 aliphatic carbocycles. The van der Waals surface area contributed by atoms with Crippen molar-refractivity contribution in [3.05, 3.63) is 12.7 Å². The van der Waals surface area contributed by atoms with E-state index >= 15 is 4.39 Å². The quantitative estimate of drug-likeness (QED) is 0.685. The lowest BCUT2D eigenvalue weighted by Gasteiger charge is -2.28. The highest BCUT2D eigenvalue weighted by Crippen LogP contribution is 2.68. The third-order valence-electron chi connectivity index (χ3n) is 4.67. The number of halogens is 1. The first-order chi connectivity index (χ1) is 9.86. The van der Waals surface area contributed by atoms with Crippen LogP contribution in [-0.4, -0.2) is 53.2 Å². The zero-order valence-corrected chi connectivity index (χ0v) is 11.2. The number of aliphatic hydroxyl groups excluding tert-OH is 1. The lowest BCUT2D eigenvalue weighted by molar-refractivity contribution is -0.103. The zero-order chi connectivity index (χ0) is 15.0. The number of fused-ring (bicyclic) bond motifs is 2. The Morgan fingerprint density at radius 2 is 2.29 bits per heavy atom. The number of hydrogen-bond donors (Lipinski definition) is 3. The van der Waals surface area contributed by atoms with E-state index in [1.165, 1.54) is 24.1 Å². The van der Waals surface area contributed by atoms with Gasteiger partial charge in [-0.05, 0) is 6.92 Å². The minimum atomic E-state index is -2.09. The molecule has 112 valence electrons. The fourth-order valence-electron chi connectivity index (χ4n) is 3.24. The highest BCUT2D eigenvalue weighted by atomic mass is 19.1. The van der Waals surface area contributed by atoms with Gasteiger partial charge in [-0.1, -0.05) is 0 Å². The van der Waals surface area contributed by atoms with Gasteiger partial charge in [0.15, 0.2) is 23.4 Å². The molecule has 2 aromatic heterocycles. The lowest BCUT2D eigenvalue weighted by Crippen LogP contribution is -2.42. The second-order valence-electron chi connectivity index (χ2n) is 5.82. The summed E-state index contributed by atoms with van der Waals surface area (Å²) < 4.78 is 22.1. The van der Waals surface area contributed by atoms with Crippen molar-refractivity contribution in [2.24, 2.45) is 0 Å². The van der Waals surface area contributed by atoms with Crippen LogP contribution < -0.4 is 5.73 Å². The number of nitrogen functional groups attached to an aromatic ring is 1. The van der Waals surface area contributed by atoms with E-state index in [0.29, 0.717) is 11.2 Å². The normalized spacial score (nSPS) is 41.4. The largest absolute Gasteiger partial charge is 0.393 e. The lowest BCUT2D eigenvalue weighted by atomic mass is 9.96. The van der Waals surface area contributed by atoms with Gasteiger partial charge < -0.3 is 20.7 Å². The predicted octanol–water partition coefficient (Wildman–Crippen LogP) is -0.469. The Labute approximate surface area is 118 Å². The van der Waals surface area contributed by atoms with Crippen LogP contribution in [0.25, 0.3) is 11.2 Å². The third-order valence-corrected chi connectivity index (χ3v) is 4.67. The molecular weight excluding hydrogens is 281 g/mol. The van der Waals surface area contributed by atoms with Crippen molar-refractivity contribution in [2.45, 2.75) is 36.4 Å². The van der Waals surface area contributed by atoms with Gasteiger partial charge in [-0.3, -0.25) is 4.57 Å². The molecule has 0 aromatic carbocycles. The average molecular weight is 295 g/mol. The topological polar surface area (TPSA) is 119 Å². The molecule has 0 spiro atoms. The number of nitrogens with zero attached hydrogens (tertiary/aromatic N) is 4. The number of aromatic nitrogens is 4. The van der Waals surface area contributed by atoms with Gasteiger partial charge in [0, 0.05) is 6.42 Å². The van der Waals surface area contributed by atoms with Gasteiger partial charge in [0.1, 0.15) is 23.0 Å². The van der Waals surface area contributed by atoms with Gasteiger partial charge in [-0.25, -0.2) is 19.3 Å². The number of rotatable bonds is 2. The third kappa shape index (κ3) is 1.27. The number of imidazole rings is 1. The van der Waals surface area contributed by atoms with Crippen LogP contribution in [0.3, 0.4) is 0 Å². The summed E-state index contributed by atoms with van der Waals surface area (Å²) >= 11 is 0. The molecule has 2 aliphatic rings. The van der Waals surface area contributed by atoms with E-state index in [2.05, 4.69) is 15.0 Å². The SMILES string of the molecule is C[C@]1(F)[C@H](n2cnc3c(N)ncnc32)O[C@@]2(CO)C[C@@]21O. The molecule has 1 saturated carbocycles. The molecule has 1 aliphatic heterocycles. The summed E-state index contributed by atoms with van der Waals surface area (Å²) in [6.45, 7) is 0.793. The van der Waals surface area contributed by atoms with Crippen molar-refractivity contribution in [3.8, 4) is 0 Å². The van der Waals surface area contributed by atoms with Gasteiger partial charge in [0.25, 0.3) is 0 Å². The molecule has 0 bridgehead atoms. The van der Waals surface area contributed by atoms with Crippen LogP contribution in [0.4, 0.5) is 10.2 Å². The fourth-order valence-corrected chi connectivity index (χ4v) is 3.24. The summed E-state index contributed by atoms with van der Waals surface area (Å²) in [4.78, 5) is 11.9. The minimum Gasteiger partial charge on any atom is -0.393 e. The van der Waals surface area contributed by atoms with Crippen molar-refractivity contribution >= 4 is 17.0 Å². The van der Waals surface area contributed by atoms with E-state index < -0.39 is 29.7 Å². The Hall–Kier alpha value is -1.84. The molecule has 4 atom stereocenters. The molecule has 8 nitrogen and oxygen atoms in total. The average Bonchev–Trinajstić information content (AvgIpc) is 2.77. The molecule has 4 N–H and O–H groups in total. The second kappa shape index (κ2) is 3.49. The standard InChI is InChI=1S/C12H14FN5O3/c1-10(13)9(21-11(3-19)2-12(10,11)20)18-5-17-6-7(14)15-4-16-8(6)18/h4-5,9,19-20H,2-3H2,1H3,(H2,14,15,16)/t9-,10+,11-,12+/m1/s1. The summed E-state index contributed by atoms with van der Waals surface area (Å²) in [6.07, 6.45) is 1.50. The van der Waals surface area contributed by atoms with Crippen molar-refractivity contribution in [1.29, 1.82) is 0 Å². The van der Waals surface area contributed by atoms with Crippen LogP contribution in [0.15, 0.2) is 12.7 Å². The molecule has 2 aromatic rings. The van der Waals surface area contributed by atoms with Crippen LogP contribution in [0.5, 0.6) is 0 Å². The maximum atomic E-state index is 15.1. The zero-order valence-electron chi connectivity index (χ0n) is 11.2. The highest BCUT2D eigenvalue weighted by molar-refractivity contribution is 5.81. The molecule has 0 radical (unpaired) electrons. The molecule has 3 heterocycles. The van der Waals surface area contributed by atoms with Crippen LogP contribution in [0.2, 0.25) is 0 Å². The Balaban J connectivity index is 1.85. The predicted molar refractivity (Wildman–Crippen MR) is 68.8 cm³/mol. The van der Waals surface area contributed by atoms with Crippen molar-refractivity contribution in [3.63, 3.8) is 0 Å². The molecule has 0 unspecified atom stereocenters. The molecular formula is C12H14FN5O3. The summed E-state index contributed by atoms with van der Waals surface area (Å²) in [6, 6.07) is 0. The van der Waals surface area contributed by atoms with E-state index in [1.54, 1.807) is 0 Å². The number of aliphatic hydroxyl groups is 2. The number of alkyl halides is 1. The van der Waals surface area contributed by atoms with Gasteiger partial charge >= 0.3 is 0 Å². The number of hydrogen-bond acceptors (Lipinski definition) is 7. The van der Waals surface area contributed by atoms with Gasteiger partial charge in [0.2, 0.25) is 0 Å². The van der Waals surface area contributed by atoms with E-state index in [-0.39, 0.29) is 12.2 Å². The molecule has 21 heavy (non-hydrogen) atoms. The summed E-state index contributed by atoms with van der Waals surface area (Å²) in [7, 11) is 0. The van der Waals surface area contributed by atoms with Crippen LogP contribution in [0, 0.1) is 0 Å². The Morgan fingerprint density at radius 3 is 2.95 bits per heavy atom. The first kappa shape index (κ1) is 12.9. The summed E-state index contributed by atoms with van der Waals surface area (Å²) in [5, 5.41) is 19.8. The molecule has 0 amide bonds. The first-order valence-electron chi connectivity index (χ1n) is 6.49. The van der Waals surface area contributed by atoms with Gasteiger partial charge in [0.05, 0.1) is 12.9 Å². The molecule has 4 rings (SSSR count). The number of ether oxygens (including phenoxy) is 1. The number of nitrogens with two attached hydrogens (primary N) is 1. The Morgan fingerprint density at radius 1 is 1.52 bits per heavy atom. The second-order valence-corrected chi connectivity index (χ2v) is 5.82. The highest BCUT2D eigenvalue weighted by Gasteiger charge is 2.85. The maximum Gasteiger partial charge on any atom is 0.184 e. The molecule has 1 saturated heterocycles. The summed E-state index contributed by atoms with van der Waals surface area (Å²) in [5.74, 6) is 0.179. The van der Waals surface area contributed by atoms with Crippen molar-refractivity contribution in [2.75, 3.05) is 12.3 Å². The van der Waals surface area contributed by atoms with E-state index in [1.807, 2.05) is 0 Å². The van der Waals surface area contributed by atoms with E-state index in [9.17, 15) is 10.2 Å². The minimum absolute atomic E-state index is 0.0593. The smallest absolute Gasteiger partial charge is 0.184 e. The number of anilines is 1. The van der Waals surface area contributed by atoms with Gasteiger partial charge in [-0.2, -0.15) is 0 Å².